The van der Waals surface area contributed by atoms with E-state index < -0.39 is 29.9 Å². The van der Waals surface area contributed by atoms with E-state index in [1.165, 1.54) is 6.92 Å². The van der Waals surface area contributed by atoms with Gasteiger partial charge in [-0.05, 0) is 72.9 Å². The molecule has 1 aromatic carbocycles. The van der Waals surface area contributed by atoms with Crippen molar-refractivity contribution in [3.05, 3.63) is 33.4 Å². The van der Waals surface area contributed by atoms with E-state index in [1.807, 2.05) is 52.0 Å². The van der Waals surface area contributed by atoms with Gasteiger partial charge in [0.2, 0.25) is 23.6 Å². The molecule has 0 aromatic heterocycles. The fourth-order valence-electron chi connectivity index (χ4n) is 3.57. The Morgan fingerprint density at radius 1 is 0.886 bits per heavy atom. The molecular formula is C25H39IN4O4S. The van der Waals surface area contributed by atoms with Gasteiger partial charge < -0.3 is 20.9 Å². The van der Waals surface area contributed by atoms with Crippen molar-refractivity contribution in [1.29, 1.82) is 0 Å². The van der Waals surface area contributed by atoms with Gasteiger partial charge in [0.05, 0.1) is 0 Å². The van der Waals surface area contributed by atoms with Gasteiger partial charge in [0.15, 0.2) is 0 Å². The van der Waals surface area contributed by atoms with Crippen molar-refractivity contribution in [3.8, 4) is 0 Å². The second-order valence-corrected chi connectivity index (χ2v) is 10.5. The summed E-state index contributed by atoms with van der Waals surface area (Å²) in [4.78, 5) is 52.6. The van der Waals surface area contributed by atoms with E-state index in [0.29, 0.717) is 25.4 Å². The first-order valence-electron chi connectivity index (χ1n) is 12.0. The van der Waals surface area contributed by atoms with Crippen molar-refractivity contribution in [2.75, 3.05) is 18.8 Å². The van der Waals surface area contributed by atoms with Gasteiger partial charge in [0, 0.05) is 35.8 Å². The molecule has 0 saturated carbocycles. The molecule has 0 saturated heterocycles. The SMILES string of the molecule is CCN(CC)C(=O)[C@H](CS)NC(=O)[C@H](Cc1ccc(I)cc1)NC(=O)[C@H](CCC(C)C)NC(C)=O. The minimum absolute atomic E-state index is 0.133. The number of carbonyl (C=O) groups excluding carboxylic acids is 4. The van der Waals surface area contributed by atoms with Crippen LogP contribution in [0.4, 0.5) is 0 Å². The van der Waals surface area contributed by atoms with Gasteiger partial charge >= 0.3 is 0 Å². The molecule has 4 amide bonds. The van der Waals surface area contributed by atoms with E-state index in [2.05, 4.69) is 51.2 Å². The minimum atomic E-state index is -0.926. The zero-order chi connectivity index (χ0) is 26.5. The fourth-order valence-corrected chi connectivity index (χ4v) is 4.17. The predicted molar refractivity (Wildman–Crippen MR) is 150 cm³/mol. The third kappa shape index (κ3) is 11.2. The molecule has 0 heterocycles. The average Bonchev–Trinajstić information content (AvgIpc) is 2.81. The molecule has 0 aliphatic rings. The Labute approximate surface area is 228 Å². The lowest BCUT2D eigenvalue weighted by Gasteiger charge is -2.27. The van der Waals surface area contributed by atoms with Crippen LogP contribution in [-0.2, 0) is 25.6 Å². The summed E-state index contributed by atoms with van der Waals surface area (Å²) in [5.41, 5.74) is 0.863. The highest BCUT2D eigenvalue weighted by molar-refractivity contribution is 14.1. The summed E-state index contributed by atoms with van der Waals surface area (Å²) in [5, 5.41) is 8.28. The number of amides is 4. The van der Waals surface area contributed by atoms with Crippen molar-refractivity contribution in [2.45, 2.75) is 72.0 Å². The summed E-state index contributed by atoms with van der Waals surface area (Å²) in [5.74, 6) is -0.940. The Morgan fingerprint density at radius 3 is 1.91 bits per heavy atom. The van der Waals surface area contributed by atoms with Crippen LogP contribution in [0.1, 0.15) is 53.0 Å². The minimum Gasteiger partial charge on any atom is -0.345 e. The maximum absolute atomic E-state index is 13.3. The molecule has 1 aromatic rings. The molecule has 3 atom stereocenters. The Balaban J connectivity index is 3.13. The molecule has 0 spiro atoms. The second kappa shape index (κ2) is 16.0. The first-order valence-corrected chi connectivity index (χ1v) is 13.7. The first kappa shape index (κ1) is 31.2. The highest BCUT2D eigenvalue weighted by Crippen LogP contribution is 2.11. The molecule has 0 bridgehead atoms. The van der Waals surface area contributed by atoms with Crippen molar-refractivity contribution in [3.63, 3.8) is 0 Å². The molecule has 0 fully saturated rings. The molecule has 196 valence electrons. The van der Waals surface area contributed by atoms with Crippen LogP contribution in [-0.4, -0.2) is 65.5 Å². The van der Waals surface area contributed by atoms with Gasteiger partial charge in [-0.15, -0.1) is 0 Å². The number of halogens is 1. The topological polar surface area (TPSA) is 108 Å². The summed E-state index contributed by atoms with van der Waals surface area (Å²) >= 11 is 6.47. The molecule has 1 rings (SSSR count). The van der Waals surface area contributed by atoms with Crippen molar-refractivity contribution >= 4 is 58.8 Å². The number of nitrogens with one attached hydrogen (secondary N) is 3. The van der Waals surface area contributed by atoms with Gasteiger partial charge in [-0.2, -0.15) is 12.6 Å². The largest absolute Gasteiger partial charge is 0.345 e. The number of hydrogen-bond acceptors (Lipinski definition) is 5. The molecule has 8 nitrogen and oxygen atoms in total. The van der Waals surface area contributed by atoms with Crippen LogP contribution in [0.3, 0.4) is 0 Å². The van der Waals surface area contributed by atoms with Crippen molar-refractivity contribution < 1.29 is 19.2 Å². The molecule has 10 heteroatoms. The summed E-state index contributed by atoms with van der Waals surface area (Å²) in [6.07, 6.45) is 1.44. The molecule has 35 heavy (non-hydrogen) atoms. The van der Waals surface area contributed by atoms with Gasteiger partial charge in [-0.25, -0.2) is 0 Å². The fraction of sp³-hybridized carbons (Fsp3) is 0.600. The molecule has 3 N–H and O–H groups in total. The smallest absolute Gasteiger partial charge is 0.245 e. The maximum Gasteiger partial charge on any atom is 0.245 e. The highest BCUT2D eigenvalue weighted by atomic mass is 127. The van der Waals surface area contributed by atoms with Gasteiger partial charge in [0.1, 0.15) is 18.1 Å². The Bertz CT molecular complexity index is 846. The van der Waals surface area contributed by atoms with E-state index in [4.69, 9.17) is 0 Å². The second-order valence-electron chi connectivity index (χ2n) is 8.87. The predicted octanol–water partition coefficient (Wildman–Crippen LogP) is 2.54. The van der Waals surface area contributed by atoms with Crippen LogP contribution < -0.4 is 16.0 Å². The summed E-state index contributed by atoms with van der Waals surface area (Å²) in [7, 11) is 0. The number of benzene rings is 1. The number of nitrogens with zero attached hydrogens (tertiary/aromatic N) is 1. The first-order chi connectivity index (χ1) is 16.5. The van der Waals surface area contributed by atoms with Gasteiger partial charge in [-0.3, -0.25) is 19.2 Å². The monoisotopic (exact) mass is 618 g/mol. The number of rotatable bonds is 14. The Hall–Kier alpha value is -1.82. The molecule has 0 unspecified atom stereocenters. The Kier molecular flexibility index (Phi) is 14.3. The van der Waals surface area contributed by atoms with Crippen LogP contribution >= 0.6 is 35.2 Å². The van der Waals surface area contributed by atoms with E-state index >= 15 is 0 Å². The molecular weight excluding hydrogens is 579 g/mol. The van der Waals surface area contributed by atoms with Crippen molar-refractivity contribution in [2.24, 2.45) is 5.92 Å². The van der Waals surface area contributed by atoms with Gasteiger partial charge in [0.25, 0.3) is 0 Å². The maximum atomic E-state index is 13.3. The lowest BCUT2D eigenvalue weighted by Crippen LogP contribution is -2.58. The van der Waals surface area contributed by atoms with E-state index in [1.54, 1.807) is 4.90 Å². The van der Waals surface area contributed by atoms with Crippen LogP contribution in [0.25, 0.3) is 0 Å². The molecule has 0 radical (unpaired) electrons. The normalized spacial score (nSPS) is 13.5. The third-order valence-corrected chi connectivity index (χ3v) is 6.67. The molecule has 0 aliphatic heterocycles. The summed E-state index contributed by atoms with van der Waals surface area (Å²) in [6, 6.07) is 5.16. The lowest BCUT2D eigenvalue weighted by atomic mass is 10.0. The van der Waals surface area contributed by atoms with Crippen molar-refractivity contribution in [1.82, 2.24) is 20.9 Å². The number of carbonyl (C=O) groups is 4. The van der Waals surface area contributed by atoms with Crippen LogP contribution in [0, 0.1) is 9.49 Å². The third-order valence-electron chi connectivity index (χ3n) is 5.59. The summed E-state index contributed by atoms with van der Waals surface area (Å²) in [6.45, 7) is 10.2. The van der Waals surface area contributed by atoms with E-state index in [0.717, 1.165) is 15.6 Å². The average molecular weight is 619 g/mol. The lowest BCUT2D eigenvalue weighted by molar-refractivity contribution is -0.136. The zero-order valence-electron chi connectivity index (χ0n) is 21.3. The van der Waals surface area contributed by atoms with E-state index in [9.17, 15) is 19.2 Å². The quantitative estimate of drug-likeness (QED) is 0.190. The van der Waals surface area contributed by atoms with Gasteiger partial charge in [-0.1, -0.05) is 26.0 Å². The number of likely N-dealkylation sites (N-methyl/N-ethyl adjacent to an activating group) is 1. The van der Waals surface area contributed by atoms with Crippen LogP contribution in [0.15, 0.2) is 24.3 Å². The highest BCUT2D eigenvalue weighted by Gasteiger charge is 2.30. The van der Waals surface area contributed by atoms with Crippen LogP contribution in [0.5, 0.6) is 0 Å². The molecule has 0 aliphatic carbocycles. The summed E-state index contributed by atoms with van der Waals surface area (Å²) < 4.78 is 1.05. The van der Waals surface area contributed by atoms with E-state index in [-0.39, 0.29) is 24.0 Å². The number of thiol groups is 1. The zero-order valence-corrected chi connectivity index (χ0v) is 24.3. The standard InChI is InChI=1S/C25H39IN4O4S/c1-6-30(7-2)25(34)22(15-35)29-24(33)21(14-18-9-11-19(26)12-10-18)28-23(32)20(27-17(5)31)13-8-16(3)4/h9-12,16,20-22,35H,6-8,13-15H2,1-5H3,(H,27,31)(H,28,32)(H,29,33)/t20-,21-,22-/m0/s1. The Morgan fingerprint density at radius 2 is 1.43 bits per heavy atom. The van der Waals surface area contributed by atoms with Crippen LogP contribution in [0.2, 0.25) is 0 Å². The number of hydrogen-bond donors (Lipinski definition) is 4.